The molecule has 0 radical (unpaired) electrons. The number of amides is 1. The maximum Gasteiger partial charge on any atom is 0.326 e. The number of rotatable bonds is 6. The molecule has 142 valence electrons. The summed E-state index contributed by atoms with van der Waals surface area (Å²) >= 11 is 1.28. The van der Waals surface area contributed by atoms with E-state index in [4.69, 9.17) is 14.0 Å². The van der Waals surface area contributed by atoms with Gasteiger partial charge in [-0.05, 0) is 39.0 Å². The number of aromatic nitrogens is 2. The maximum atomic E-state index is 12.4. The van der Waals surface area contributed by atoms with E-state index in [0.29, 0.717) is 22.9 Å². The molecular formula is C18H19N3O5S. The topological polar surface area (TPSA) is 95.9 Å². The number of benzene rings is 1. The zero-order valence-electron chi connectivity index (χ0n) is 15.2. The van der Waals surface area contributed by atoms with Gasteiger partial charge in [-0.25, -0.2) is 0 Å². The van der Waals surface area contributed by atoms with Crippen molar-refractivity contribution < 1.29 is 23.6 Å². The van der Waals surface area contributed by atoms with Gasteiger partial charge in [-0.3, -0.25) is 9.59 Å². The first-order valence-electron chi connectivity index (χ1n) is 8.46. The lowest BCUT2D eigenvalue weighted by Crippen LogP contribution is -2.23. The zero-order valence-corrected chi connectivity index (χ0v) is 16.0. The number of carbonyl (C=O) groups is 2. The van der Waals surface area contributed by atoms with Crippen LogP contribution in [-0.2, 0) is 16.1 Å². The van der Waals surface area contributed by atoms with Crippen LogP contribution in [0.25, 0.3) is 10.2 Å². The minimum Gasteiger partial charge on any atom is -0.494 e. The SMILES string of the molecule is CCOC(=O)Cn1c(=NC(=O)c2cc(C)no2)sc2cc(OCC)ccc21. The van der Waals surface area contributed by atoms with Crippen molar-refractivity contribution >= 4 is 33.4 Å². The number of hydrogen-bond acceptors (Lipinski definition) is 7. The Hall–Kier alpha value is -2.94. The molecule has 0 aliphatic heterocycles. The summed E-state index contributed by atoms with van der Waals surface area (Å²) in [5.74, 6) is -0.221. The number of carbonyl (C=O) groups excluding carboxylic acids is 2. The van der Waals surface area contributed by atoms with E-state index >= 15 is 0 Å². The van der Waals surface area contributed by atoms with E-state index in [9.17, 15) is 9.59 Å². The van der Waals surface area contributed by atoms with E-state index in [1.807, 2.05) is 25.1 Å². The second-order valence-corrected chi connectivity index (χ2v) is 6.60. The van der Waals surface area contributed by atoms with Crippen LogP contribution in [0, 0.1) is 6.92 Å². The van der Waals surface area contributed by atoms with E-state index < -0.39 is 11.9 Å². The number of fused-ring (bicyclic) bond motifs is 1. The molecule has 2 aromatic heterocycles. The molecular weight excluding hydrogens is 370 g/mol. The standard InChI is InChI=1S/C18H19N3O5S/c1-4-24-12-6-7-13-15(9-12)27-18(21(13)10-16(22)25-5-2)19-17(23)14-8-11(3)20-26-14/h6-9H,4-5,10H2,1-3H3. The molecule has 27 heavy (non-hydrogen) atoms. The van der Waals surface area contributed by atoms with Crippen molar-refractivity contribution in [2.24, 2.45) is 4.99 Å². The summed E-state index contributed by atoms with van der Waals surface area (Å²) in [5, 5.41) is 3.70. The van der Waals surface area contributed by atoms with Gasteiger partial charge in [-0.1, -0.05) is 16.5 Å². The van der Waals surface area contributed by atoms with Crippen LogP contribution in [0.2, 0.25) is 0 Å². The van der Waals surface area contributed by atoms with Gasteiger partial charge in [0.1, 0.15) is 12.3 Å². The van der Waals surface area contributed by atoms with Gasteiger partial charge in [0.25, 0.3) is 0 Å². The fourth-order valence-corrected chi connectivity index (χ4v) is 3.55. The van der Waals surface area contributed by atoms with Gasteiger partial charge in [0, 0.05) is 6.07 Å². The average molecular weight is 389 g/mol. The molecule has 9 heteroatoms. The first-order valence-corrected chi connectivity index (χ1v) is 9.27. The molecule has 1 amide bonds. The molecule has 3 rings (SSSR count). The maximum absolute atomic E-state index is 12.4. The molecule has 0 unspecified atom stereocenters. The quantitative estimate of drug-likeness (QED) is 0.602. The highest BCUT2D eigenvalue weighted by atomic mass is 32.1. The Balaban J connectivity index is 2.09. The lowest BCUT2D eigenvalue weighted by molar-refractivity contribution is -0.143. The van der Waals surface area contributed by atoms with Crippen molar-refractivity contribution in [2.75, 3.05) is 13.2 Å². The minimum atomic E-state index is -0.565. The second-order valence-electron chi connectivity index (χ2n) is 5.59. The highest BCUT2D eigenvalue weighted by molar-refractivity contribution is 7.16. The molecule has 0 N–H and O–H groups in total. The van der Waals surface area contributed by atoms with Gasteiger partial charge in [0.2, 0.25) is 5.76 Å². The van der Waals surface area contributed by atoms with E-state index in [2.05, 4.69) is 10.1 Å². The normalized spacial score (nSPS) is 11.7. The van der Waals surface area contributed by atoms with Gasteiger partial charge in [-0.15, -0.1) is 0 Å². The van der Waals surface area contributed by atoms with E-state index in [1.54, 1.807) is 18.4 Å². The summed E-state index contributed by atoms with van der Waals surface area (Å²) in [6.07, 6.45) is 0. The fraction of sp³-hybridized carbons (Fsp3) is 0.333. The number of nitrogens with zero attached hydrogens (tertiary/aromatic N) is 3. The fourth-order valence-electron chi connectivity index (χ4n) is 2.49. The van der Waals surface area contributed by atoms with Gasteiger partial charge in [0.15, 0.2) is 4.80 Å². The Morgan fingerprint density at radius 2 is 2.07 bits per heavy atom. The summed E-state index contributed by atoms with van der Waals surface area (Å²) in [6, 6.07) is 7.01. The van der Waals surface area contributed by atoms with Crippen LogP contribution in [-0.4, -0.2) is 34.8 Å². The Bertz CT molecular complexity index is 1050. The van der Waals surface area contributed by atoms with Gasteiger partial charge in [-0.2, -0.15) is 4.99 Å². The third-order valence-electron chi connectivity index (χ3n) is 3.59. The van der Waals surface area contributed by atoms with E-state index in [-0.39, 0.29) is 18.9 Å². The van der Waals surface area contributed by atoms with Crippen molar-refractivity contribution in [3.63, 3.8) is 0 Å². The van der Waals surface area contributed by atoms with Crippen molar-refractivity contribution in [3.8, 4) is 5.75 Å². The van der Waals surface area contributed by atoms with E-state index in [1.165, 1.54) is 17.4 Å². The molecule has 2 heterocycles. The Labute approximate surface area is 159 Å². The summed E-state index contributed by atoms with van der Waals surface area (Å²) in [6.45, 7) is 6.13. The van der Waals surface area contributed by atoms with Crippen molar-refractivity contribution in [1.29, 1.82) is 0 Å². The van der Waals surface area contributed by atoms with Crippen LogP contribution in [0.3, 0.4) is 0 Å². The third kappa shape index (κ3) is 4.25. The second kappa shape index (κ2) is 8.17. The average Bonchev–Trinajstić information content (AvgIpc) is 3.19. The number of esters is 1. The predicted molar refractivity (Wildman–Crippen MR) is 98.8 cm³/mol. The minimum absolute atomic E-state index is 0.0441. The number of aryl methyl sites for hydroxylation is 1. The largest absolute Gasteiger partial charge is 0.494 e. The highest BCUT2D eigenvalue weighted by Gasteiger charge is 2.15. The number of thiazole rings is 1. The van der Waals surface area contributed by atoms with E-state index in [0.717, 1.165) is 10.2 Å². The Morgan fingerprint density at radius 3 is 2.74 bits per heavy atom. The monoisotopic (exact) mass is 389 g/mol. The smallest absolute Gasteiger partial charge is 0.326 e. The lowest BCUT2D eigenvalue weighted by Gasteiger charge is -2.06. The molecule has 3 aromatic rings. The van der Waals surface area contributed by atoms with Crippen molar-refractivity contribution in [2.45, 2.75) is 27.3 Å². The molecule has 1 aromatic carbocycles. The van der Waals surface area contributed by atoms with Gasteiger partial charge in [0.05, 0.1) is 29.1 Å². The van der Waals surface area contributed by atoms with Gasteiger partial charge < -0.3 is 18.6 Å². The summed E-state index contributed by atoms with van der Waals surface area (Å²) in [7, 11) is 0. The first kappa shape index (κ1) is 18.8. The molecule has 0 saturated carbocycles. The van der Waals surface area contributed by atoms with Crippen LogP contribution < -0.4 is 9.54 Å². The van der Waals surface area contributed by atoms with Crippen molar-refractivity contribution in [3.05, 3.63) is 40.5 Å². The lowest BCUT2D eigenvalue weighted by atomic mass is 10.3. The first-order chi connectivity index (χ1) is 13.0. The summed E-state index contributed by atoms with van der Waals surface area (Å²) in [5.41, 5.74) is 1.35. The molecule has 0 aliphatic carbocycles. The Kier molecular flexibility index (Phi) is 5.70. The molecule has 8 nitrogen and oxygen atoms in total. The van der Waals surface area contributed by atoms with Gasteiger partial charge >= 0.3 is 11.9 Å². The highest BCUT2D eigenvalue weighted by Crippen LogP contribution is 2.23. The van der Waals surface area contributed by atoms with Crippen LogP contribution in [0.5, 0.6) is 5.75 Å². The van der Waals surface area contributed by atoms with Crippen LogP contribution in [0.1, 0.15) is 30.1 Å². The zero-order chi connectivity index (χ0) is 19.4. The predicted octanol–water partition coefficient (Wildman–Crippen LogP) is 2.70. The molecule has 0 bridgehead atoms. The summed E-state index contributed by atoms with van der Waals surface area (Å²) in [4.78, 5) is 28.9. The Morgan fingerprint density at radius 1 is 1.26 bits per heavy atom. The van der Waals surface area contributed by atoms with Crippen LogP contribution in [0.15, 0.2) is 33.8 Å². The van der Waals surface area contributed by atoms with Crippen LogP contribution >= 0.6 is 11.3 Å². The molecule has 0 fully saturated rings. The number of hydrogen-bond donors (Lipinski definition) is 0. The molecule has 0 aliphatic rings. The third-order valence-corrected chi connectivity index (χ3v) is 4.63. The number of ether oxygens (including phenoxy) is 2. The summed E-state index contributed by atoms with van der Waals surface area (Å²) < 4.78 is 18.0. The molecule has 0 atom stereocenters. The molecule has 0 spiro atoms. The van der Waals surface area contributed by atoms with Crippen molar-refractivity contribution in [1.82, 2.24) is 9.72 Å². The van der Waals surface area contributed by atoms with Crippen LogP contribution in [0.4, 0.5) is 0 Å². The molecule has 0 saturated heterocycles.